The van der Waals surface area contributed by atoms with E-state index in [-0.39, 0.29) is 12.2 Å². The number of aryl methyl sites for hydroxylation is 1. The molecule has 0 spiro atoms. The molecule has 9 heteroatoms. The summed E-state index contributed by atoms with van der Waals surface area (Å²) in [5, 5.41) is 16.1. The molecule has 0 radical (unpaired) electrons. The Morgan fingerprint density at radius 2 is 2.12 bits per heavy atom. The molecule has 0 saturated carbocycles. The lowest BCUT2D eigenvalue weighted by molar-refractivity contribution is -0.116. The van der Waals surface area contributed by atoms with Crippen LogP contribution in [0.15, 0.2) is 12.3 Å². The number of esters is 1. The summed E-state index contributed by atoms with van der Waals surface area (Å²) in [5.41, 5.74) is 1.28. The molecule has 0 aromatic carbocycles. The second-order valence-corrected chi connectivity index (χ2v) is 6.74. The van der Waals surface area contributed by atoms with Crippen LogP contribution in [0.3, 0.4) is 0 Å². The third-order valence-electron chi connectivity index (χ3n) is 4.04. The maximum atomic E-state index is 12.3. The van der Waals surface area contributed by atoms with E-state index in [0.29, 0.717) is 10.6 Å². The number of fused-ring (bicyclic) bond motifs is 1. The quantitative estimate of drug-likeness (QED) is 0.786. The van der Waals surface area contributed by atoms with Gasteiger partial charge >= 0.3 is 11.9 Å². The van der Waals surface area contributed by atoms with Crippen molar-refractivity contribution >= 4 is 34.2 Å². The zero-order valence-corrected chi connectivity index (χ0v) is 14.4. The van der Waals surface area contributed by atoms with E-state index in [1.54, 1.807) is 0 Å². The number of carbonyl (C=O) groups is 3. The monoisotopic (exact) mass is 363 g/mol. The van der Waals surface area contributed by atoms with Crippen molar-refractivity contribution in [3.05, 3.63) is 34.0 Å². The number of hydrogen-bond donors (Lipinski definition) is 2. The van der Waals surface area contributed by atoms with Crippen LogP contribution < -0.4 is 5.32 Å². The molecule has 0 atom stereocenters. The first-order chi connectivity index (χ1) is 12.0. The van der Waals surface area contributed by atoms with E-state index in [0.717, 1.165) is 40.8 Å². The fourth-order valence-electron chi connectivity index (χ4n) is 2.91. The number of aromatic carboxylic acids is 1. The summed E-state index contributed by atoms with van der Waals surface area (Å²) >= 11 is 1.38. The van der Waals surface area contributed by atoms with Gasteiger partial charge in [0.1, 0.15) is 17.2 Å². The van der Waals surface area contributed by atoms with Crippen molar-refractivity contribution < 1.29 is 24.2 Å². The van der Waals surface area contributed by atoms with Crippen LogP contribution in [0.1, 0.15) is 44.1 Å². The average Bonchev–Trinajstić information content (AvgIpc) is 3.18. The third kappa shape index (κ3) is 3.41. The van der Waals surface area contributed by atoms with Crippen molar-refractivity contribution in [2.75, 3.05) is 12.4 Å². The molecule has 2 N–H and O–H groups in total. The van der Waals surface area contributed by atoms with Crippen LogP contribution in [0.2, 0.25) is 0 Å². The van der Waals surface area contributed by atoms with Gasteiger partial charge in [0.05, 0.1) is 12.7 Å². The summed E-state index contributed by atoms with van der Waals surface area (Å²) in [6, 6.07) is 1.32. The van der Waals surface area contributed by atoms with Gasteiger partial charge in [-0.05, 0) is 37.3 Å². The molecule has 8 nitrogen and oxygen atoms in total. The standard InChI is InChI=1S/C16H17N3O5S/c1-24-16(23)13-9-4-2-3-5-11(9)25-14(13)18-12(20)8-19-10(15(21)22)6-7-17-19/h6-7H,2-5,8H2,1H3,(H,18,20)(H,21,22). The van der Waals surface area contributed by atoms with Crippen molar-refractivity contribution in [3.63, 3.8) is 0 Å². The van der Waals surface area contributed by atoms with Crippen LogP contribution in [0.25, 0.3) is 0 Å². The van der Waals surface area contributed by atoms with E-state index in [1.807, 2.05) is 0 Å². The van der Waals surface area contributed by atoms with E-state index >= 15 is 0 Å². The minimum atomic E-state index is -1.16. The molecule has 1 amide bonds. The molecule has 1 aliphatic rings. The maximum absolute atomic E-state index is 12.3. The van der Waals surface area contributed by atoms with E-state index in [1.165, 1.54) is 30.7 Å². The summed E-state index contributed by atoms with van der Waals surface area (Å²) in [6.45, 7) is -0.252. The Morgan fingerprint density at radius 3 is 2.84 bits per heavy atom. The average molecular weight is 363 g/mol. The van der Waals surface area contributed by atoms with Gasteiger partial charge < -0.3 is 15.2 Å². The summed E-state index contributed by atoms with van der Waals surface area (Å²) in [4.78, 5) is 36.6. The van der Waals surface area contributed by atoms with Gasteiger partial charge in [-0.2, -0.15) is 5.10 Å². The number of aromatic nitrogens is 2. The number of carboxylic acids is 1. The molecule has 0 saturated heterocycles. The minimum Gasteiger partial charge on any atom is -0.477 e. The molecule has 2 heterocycles. The largest absolute Gasteiger partial charge is 0.477 e. The van der Waals surface area contributed by atoms with Crippen LogP contribution in [0, 0.1) is 0 Å². The number of ether oxygens (including phenoxy) is 1. The topological polar surface area (TPSA) is 111 Å². The van der Waals surface area contributed by atoms with Gasteiger partial charge in [0, 0.05) is 11.1 Å². The SMILES string of the molecule is COC(=O)c1c(NC(=O)Cn2nccc2C(=O)O)sc2c1CCCC2. The van der Waals surface area contributed by atoms with Gasteiger partial charge in [-0.15, -0.1) is 11.3 Å². The number of carbonyl (C=O) groups excluding carboxylic acids is 2. The first-order valence-electron chi connectivity index (χ1n) is 7.79. The Bertz CT molecular complexity index is 839. The molecule has 0 unspecified atom stereocenters. The third-order valence-corrected chi connectivity index (χ3v) is 5.25. The van der Waals surface area contributed by atoms with Gasteiger partial charge in [0.25, 0.3) is 0 Å². The van der Waals surface area contributed by atoms with Crippen molar-refractivity contribution in [1.82, 2.24) is 9.78 Å². The molecular formula is C16H17N3O5S. The zero-order chi connectivity index (χ0) is 18.0. The molecule has 1 aliphatic carbocycles. The molecule has 3 rings (SSSR count). The molecule has 0 aliphatic heterocycles. The minimum absolute atomic E-state index is 0.0752. The number of thiophene rings is 1. The van der Waals surface area contributed by atoms with Crippen LogP contribution in [0.4, 0.5) is 5.00 Å². The highest BCUT2D eigenvalue weighted by molar-refractivity contribution is 7.17. The van der Waals surface area contributed by atoms with Crippen LogP contribution >= 0.6 is 11.3 Å². The Morgan fingerprint density at radius 1 is 1.36 bits per heavy atom. The Labute approximate surface area is 147 Å². The Kier molecular flexibility index (Phi) is 4.84. The van der Waals surface area contributed by atoms with E-state index in [4.69, 9.17) is 9.84 Å². The fourth-order valence-corrected chi connectivity index (χ4v) is 4.21. The summed E-state index contributed by atoms with van der Waals surface area (Å²) in [5.74, 6) is -2.08. The second kappa shape index (κ2) is 7.06. The predicted octanol–water partition coefficient (Wildman–Crippen LogP) is 1.95. The first-order valence-corrected chi connectivity index (χ1v) is 8.60. The number of carboxylic acid groups (broad SMARTS) is 1. The number of rotatable bonds is 5. The number of amides is 1. The summed E-state index contributed by atoms with van der Waals surface area (Å²) in [7, 11) is 1.31. The van der Waals surface area contributed by atoms with Crippen LogP contribution in [-0.4, -0.2) is 39.8 Å². The molecule has 2 aromatic heterocycles. The van der Waals surface area contributed by atoms with E-state index in [2.05, 4.69) is 10.4 Å². The number of nitrogens with one attached hydrogen (secondary N) is 1. The lowest BCUT2D eigenvalue weighted by atomic mass is 9.95. The number of anilines is 1. The van der Waals surface area contributed by atoms with E-state index < -0.39 is 17.8 Å². The van der Waals surface area contributed by atoms with Crippen molar-refractivity contribution in [3.8, 4) is 0 Å². The van der Waals surface area contributed by atoms with Crippen molar-refractivity contribution in [2.45, 2.75) is 32.2 Å². The maximum Gasteiger partial charge on any atom is 0.354 e. The van der Waals surface area contributed by atoms with Gasteiger partial charge in [0.2, 0.25) is 5.91 Å². The van der Waals surface area contributed by atoms with Crippen molar-refractivity contribution in [1.29, 1.82) is 0 Å². The molecule has 0 fully saturated rings. The first kappa shape index (κ1) is 17.2. The van der Waals surface area contributed by atoms with Crippen LogP contribution in [-0.2, 0) is 28.9 Å². The van der Waals surface area contributed by atoms with Gasteiger partial charge in [-0.3, -0.25) is 4.79 Å². The lowest BCUT2D eigenvalue weighted by Crippen LogP contribution is -2.22. The fraction of sp³-hybridized carbons (Fsp3) is 0.375. The number of methoxy groups -OCH3 is 1. The second-order valence-electron chi connectivity index (χ2n) is 5.63. The molecule has 2 aromatic rings. The zero-order valence-electron chi connectivity index (χ0n) is 13.6. The van der Waals surface area contributed by atoms with Crippen LogP contribution in [0.5, 0.6) is 0 Å². The van der Waals surface area contributed by atoms with Gasteiger partial charge in [0.15, 0.2) is 0 Å². The molecule has 25 heavy (non-hydrogen) atoms. The highest BCUT2D eigenvalue weighted by Crippen LogP contribution is 2.38. The summed E-state index contributed by atoms with van der Waals surface area (Å²) in [6.07, 6.45) is 5.03. The van der Waals surface area contributed by atoms with E-state index in [9.17, 15) is 14.4 Å². The molecule has 132 valence electrons. The van der Waals surface area contributed by atoms with Crippen molar-refractivity contribution in [2.24, 2.45) is 0 Å². The lowest BCUT2D eigenvalue weighted by Gasteiger charge is -2.11. The normalized spacial score (nSPS) is 13.2. The summed E-state index contributed by atoms with van der Waals surface area (Å²) < 4.78 is 5.96. The predicted molar refractivity (Wildman–Crippen MR) is 90.1 cm³/mol. The Balaban J connectivity index is 1.83. The molecular weight excluding hydrogens is 346 g/mol. The van der Waals surface area contributed by atoms with Gasteiger partial charge in [-0.25, -0.2) is 14.3 Å². The number of nitrogens with zero attached hydrogens (tertiary/aromatic N) is 2. The smallest absolute Gasteiger partial charge is 0.354 e. The Hall–Kier alpha value is -2.68. The highest BCUT2D eigenvalue weighted by Gasteiger charge is 2.27. The highest BCUT2D eigenvalue weighted by atomic mass is 32.1. The molecule has 0 bridgehead atoms. The number of hydrogen-bond acceptors (Lipinski definition) is 6. The van der Waals surface area contributed by atoms with Gasteiger partial charge in [-0.1, -0.05) is 0 Å².